The van der Waals surface area contributed by atoms with Gasteiger partial charge in [-0.1, -0.05) is 79.4 Å². The van der Waals surface area contributed by atoms with Crippen LogP contribution in [0.1, 0.15) is 51.5 Å². The summed E-state index contributed by atoms with van der Waals surface area (Å²) in [4.78, 5) is 29.4. The molecule has 2 amide bonds. The van der Waals surface area contributed by atoms with Crippen LogP contribution in [0.15, 0.2) is 77.7 Å². The highest BCUT2D eigenvalue weighted by Gasteiger charge is 2.35. The van der Waals surface area contributed by atoms with Gasteiger partial charge in [-0.15, -0.1) is 0 Å². The lowest BCUT2D eigenvalue weighted by Crippen LogP contribution is -2.53. The number of benzene rings is 3. The van der Waals surface area contributed by atoms with Crippen LogP contribution >= 0.6 is 23.2 Å². The van der Waals surface area contributed by atoms with Gasteiger partial charge in [0.25, 0.3) is 10.0 Å². The van der Waals surface area contributed by atoms with Crippen molar-refractivity contribution < 1.29 is 22.7 Å². The van der Waals surface area contributed by atoms with Crippen molar-refractivity contribution in [3.8, 4) is 5.75 Å². The molecule has 0 spiro atoms. The highest BCUT2D eigenvalue weighted by molar-refractivity contribution is 7.92. The van der Waals surface area contributed by atoms with E-state index >= 15 is 0 Å². The average Bonchev–Trinajstić information content (AvgIpc) is 3.51. The Kier molecular flexibility index (Phi) is 11.3. The fraction of sp³-hybridized carbons (Fsp3) is 0.375. The standard InChI is InChI=1S/C32H37Cl2N3O5S/c1-3-28(32(39)35-25-12-8-9-13-25)36(21-23-18-19-24(33)20-27(23)34)31(38)22-37(29-16-10-11-17-30(29)42-4-2)43(40,41)26-14-6-5-7-15-26/h5-7,10-11,14-20,25,28H,3-4,8-9,12-13,21-22H2,1-2H3,(H,35,39). The maximum absolute atomic E-state index is 14.3. The van der Waals surface area contributed by atoms with Crippen LogP contribution in [-0.4, -0.2) is 50.4 Å². The number of carbonyl (C=O) groups is 2. The molecule has 3 aromatic rings. The smallest absolute Gasteiger partial charge is 0.264 e. The van der Waals surface area contributed by atoms with Crippen molar-refractivity contribution in [1.82, 2.24) is 10.2 Å². The topological polar surface area (TPSA) is 96.0 Å². The molecule has 8 nitrogen and oxygen atoms in total. The minimum Gasteiger partial charge on any atom is -0.492 e. The molecule has 11 heteroatoms. The van der Waals surface area contributed by atoms with Gasteiger partial charge in [0.1, 0.15) is 18.3 Å². The number of nitrogens with zero attached hydrogens (tertiary/aromatic N) is 2. The summed E-state index contributed by atoms with van der Waals surface area (Å²) in [5.41, 5.74) is 0.799. The van der Waals surface area contributed by atoms with E-state index in [0.717, 1.165) is 30.0 Å². The Balaban J connectivity index is 1.76. The van der Waals surface area contributed by atoms with Crippen molar-refractivity contribution >= 4 is 50.7 Å². The SMILES string of the molecule is CCOc1ccccc1N(CC(=O)N(Cc1ccc(Cl)cc1Cl)C(CC)C(=O)NC1CCCC1)S(=O)(=O)c1ccccc1. The zero-order valence-electron chi connectivity index (χ0n) is 24.3. The first kappa shape index (κ1) is 32.6. The van der Waals surface area contributed by atoms with Gasteiger partial charge in [-0.3, -0.25) is 13.9 Å². The van der Waals surface area contributed by atoms with Gasteiger partial charge < -0.3 is 15.0 Å². The molecule has 43 heavy (non-hydrogen) atoms. The summed E-state index contributed by atoms with van der Waals surface area (Å²) in [7, 11) is -4.22. The largest absolute Gasteiger partial charge is 0.492 e. The number of amides is 2. The van der Waals surface area contributed by atoms with E-state index < -0.39 is 28.5 Å². The Morgan fingerprint density at radius 2 is 1.65 bits per heavy atom. The molecule has 0 bridgehead atoms. The third-order valence-electron chi connectivity index (χ3n) is 7.49. The first-order valence-electron chi connectivity index (χ1n) is 14.5. The molecule has 4 rings (SSSR count). The Bertz CT molecular complexity index is 1510. The van der Waals surface area contributed by atoms with E-state index in [9.17, 15) is 18.0 Å². The van der Waals surface area contributed by atoms with Crippen LogP contribution in [0.5, 0.6) is 5.75 Å². The molecule has 1 N–H and O–H groups in total. The van der Waals surface area contributed by atoms with Crippen LogP contribution in [0, 0.1) is 0 Å². The molecule has 0 saturated heterocycles. The Morgan fingerprint density at radius 1 is 0.977 bits per heavy atom. The maximum Gasteiger partial charge on any atom is 0.264 e. The molecular formula is C32H37Cl2N3O5S. The fourth-order valence-electron chi connectivity index (χ4n) is 5.29. The Labute approximate surface area is 264 Å². The maximum atomic E-state index is 14.3. The first-order chi connectivity index (χ1) is 20.6. The number of halogens is 2. The van der Waals surface area contributed by atoms with Gasteiger partial charge in [-0.2, -0.15) is 0 Å². The normalized spacial score (nSPS) is 14.2. The molecule has 1 aliphatic rings. The fourth-order valence-corrected chi connectivity index (χ4v) is 7.21. The van der Waals surface area contributed by atoms with Crippen molar-refractivity contribution in [3.63, 3.8) is 0 Å². The molecule has 230 valence electrons. The van der Waals surface area contributed by atoms with Gasteiger partial charge in [-0.05, 0) is 68.1 Å². The number of hydrogen-bond acceptors (Lipinski definition) is 5. The zero-order chi connectivity index (χ0) is 31.0. The molecule has 0 radical (unpaired) electrons. The van der Waals surface area contributed by atoms with E-state index in [-0.39, 0.29) is 29.1 Å². The van der Waals surface area contributed by atoms with E-state index in [1.807, 2.05) is 6.92 Å². The number of ether oxygens (including phenoxy) is 1. The molecule has 1 unspecified atom stereocenters. The van der Waals surface area contributed by atoms with E-state index in [1.165, 1.54) is 17.0 Å². The summed E-state index contributed by atoms with van der Waals surface area (Å²) in [5, 5.41) is 3.88. The minimum atomic E-state index is -4.22. The summed E-state index contributed by atoms with van der Waals surface area (Å²) >= 11 is 12.6. The molecule has 1 fully saturated rings. The van der Waals surface area contributed by atoms with Crippen molar-refractivity contribution in [2.45, 2.75) is 69.5 Å². The van der Waals surface area contributed by atoms with Gasteiger partial charge in [0, 0.05) is 22.6 Å². The molecule has 3 aromatic carbocycles. The molecule has 0 aliphatic heterocycles. The Morgan fingerprint density at radius 3 is 2.30 bits per heavy atom. The van der Waals surface area contributed by atoms with Crippen LogP contribution in [0.4, 0.5) is 5.69 Å². The third-order valence-corrected chi connectivity index (χ3v) is 9.85. The van der Waals surface area contributed by atoms with Crippen LogP contribution in [0.2, 0.25) is 10.0 Å². The molecule has 0 heterocycles. The van der Waals surface area contributed by atoms with Crippen LogP contribution in [0.25, 0.3) is 0 Å². The minimum absolute atomic E-state index is 0.0161. The number of sulfonamides is 1. The second-order valence-corrected chi connectivity index (χ2v) is 13.1. The number of para-hydroxylation sites is 2. The number of carbonyl (C=O) groups excluding carboxylic acids is 2. The lowest BCUT2D eigenvalue weighted by Gasteiger charge is -2.34. The highest BCUT2D eigenvalue weighted by atomic mass is 35.5. The van der Waals surface area contributed by atoms with Crippen molar-refractivity contribution in [2.24, 2.45) is 0 Å². The van der Waals surface area contributed by atoms with Gasteiger partial charge >= 0.3 is 0 Å². The molecule has 1 aliphatic carbocycles. The number of nitrogens with one attached hydrogen (secondary N) is 1. The quantitative estimate of drug-likeness (QED) is 0.230. The monoisotopic (exact) mass is 645 g/mol. The van der Waals surface area contributed by atoms with Gasteiger partial charge in [0.05, 0.1) is 17.2 Å². The summed E-state index contributed by atoms with van der Waals surface area (Å²) in [6.45, 7) is 3.33. The molecule has 1 atom stereocenters. The van der Waals surface area contributed by atoms with Crippen LogP contribution in [-0.2, 0) is 26.2 Å². The summed E-state index contributed by atoms with van der Waals surface area (Å²) < 4.78 is 35.0. The lowest BCUT2D eigenvalue weighted by molar-refractivity contribution is -0.140. The van der Waals surface area contributed by atoms with E-state index in [2.05, 4.69) is 5.32 Å². The summed E-state index contributed by atoms with van der Waals surface area (Å²) in [6.07, 6.45) is 4.16. The highest BCUT2D eigenvalue weighted by Crippen LogP contribution is 2.33. The first-order valence-corrected chi connectivity index (χ1v) is 16.7. The van der Waals surface area contributed by atoms with Crippen molar-refractivity contribution in [2.75, 3.05) is 17.5 Å². The lowest BCUT2D eigenvalue weighted by atomic mass is 10.1. The second kappa shape index (κ2) is 14.9. The van der Waals surface area contributed by atoms with E-state index in [4.69, 9.17) is 27.9 Å². The molecule has 1 saturated carbocycles. The molecule has 0 aromatic heterocycles. The number of anilines is 1. The molecular weight excluding hydrogens is 609 g/mol. The average molecular weight is 647 g/mol. The van der Waals surface area contributed by atoms with Crippen LogP contribution < -0.4 is 14.4 Å². The van der Waals surface area contributed by atoms with Gasteiger partial charge in [0.2, 0.25) is 11.8 Å². The predicted octanol–water partition coefficient (Wildman–Crippen LogP) is 6.45. The van der Waals surface area contributed by atoms with E-state index in [1.54, 1.807) is 67.6 Å². The number of rotatable bonds is 13. The summed E-state index contributed by atoms with van der Waals surface area (Å²) in [5.74, 6) is -0.527. The van der Waals surface area contributed by atoms with Gasteiger partial charge in [0.15, 0.2) is 0 Å². The van der Waals surface area contributed by atoms with Gasteiger partial charge in [-0.25, -0.2) is 8.42 Å². The zero-order valence-corrected chi connectivity index (χ0v) is 26.7. The Hall–Kier alpha value is -3.27. The third kappa shape index (κ3) is 8.02. The van der Waals surface area contributed by atoms with Crippen molar-refractivity contribution in [3.05, 3.63) is 88.4 Å². The summed E-state index contributed by atoms with van der Waals surface area (Å²) in [6, 6.07) is 18.7. The van der Waals surface area contributed by atoms with Crippen molar-refractivity contribution in [1.29, 1.82) is 0 Å². The predicted molar refractivity (Wildman–Crippen MR) is 170 cm³/mol. The van der Waals surface area contributed by atoms with E-state index in [0.29, 0.717) is 34.4 Å². The number of hydrogen-bond donors (Lipinski definition) is 1. The second-order valence-electron chi connectivity index (χ2n) is 10.4. The van der Waals surface area contributed by atoms with Crippen LogP contribution in [0.3, 0.4) is 0 Å².